The molecule has 0 bridgehead atoms. The average molecular weight is 298 g/mol. The van der Waals surface area contributed by atoms with Crippen LogP contribution < -0.4 is 0 Å². The smallest absolute Gasteiger partial charge is 0.318 e. The predicted octanol–water partition coefficient (Wildman–Crippen LogP) is 4.64. The van der Waals surface area contributed by atoms with E-state index in [0.29, 0.717) is 0 Å². The van der Waals surface area contributed by atoms with Gasteiger partial charge in [0.05, 0.1) is 0 Å². The summed E-state index contributed by atoms with van der Waals surface area (Å²) >= 11 is 0. The Labute approximate surface area is 128 Å². The first-order valence-corrected chi connectivity index (χ1v) is 8.20. The van der Waals surface area contributed by atoms with Crippen LogP contribution in [0.25, 0.3) is 0 Å². The van der Waals surface area contributed by atoms with Gasteiger partial charge in [-0.1, -0.05) is 70.4 Å². The summed E-state index contributed by atoms with van der Waals surface area (Å²) in [6, 6.07) is 0. The van der Waals surface area contributed by atoms with E-state index in [2.05, 4.69) is 6.92 Å². The van der Waals surface area contributed by atoms with Crippen LogP contribution in [0, 0.1) is 5.92 Å². The second-order valence-electron chi connectivity index (χ2n) is 5.55. The fraction of sp³-hybridized carbons (Fsp3) is 0.765. The predicted molar refractivity (Wildman–Crippen MR) is 84.4 cm³/mol. The molecule has 2 N–H and O–H groups in total. The number of carboxylic acids is 2. The van der Waals surface area contributed by atoms with Crippen LogP contribution in [0.5, 0.6) is 0 Å². The lowest BCUT2D eigenvalue weighted by Gasteiger charge is -2.03. The highest BCUT2D eigenvalue weighted by atomic mass is 16.4. The molecule has 0 heterocycles. The summed E-state index contributed by atoms with van der Waals surface area (Å²) in [5, 5.41) is 17.4. The molecule has 0 aliphatic heterocycles. The van der Waals surface area contributed by atoms with Crippen molar-refractivity contribution in [1.82, 2.24) is 0 Å². The third-order valence-electron chi connectivity index (χ3n) is 3.61. The quantitative estimate of drug-likeness (QED) is 0.278. The van der Waals surface area contributed by atoms with E-state index in [1.807, 2.05) is 6.08 Å². The molecule has 0 aliphatic carbocycles. The Morgan fingerprint density at radius 3 is 1.76 bits per heavy atom. The second-order valence-corrected chi connectivity index (χ2v) is 5.55. The molecule has 0 aromatic carbocycles. The maximum Gasteiger partial charge on any atom is 0.318 e. The first kappa shape index (κ1) is 19.7. The maximum absolute atomic E-state index is 10.7. The van der Waals surface area contributed by atoms with Crippen LogP contribution in [0.15, 0.2) is 12.2 Å². The number of rotatable bonds is 14. The summed E-state index contributed by atoms with van der Waals surface area (Å²) < 4.78 is 0. The molecule has 0 amide bonds. The number of carboxylic acid groups (broad SMARTS) is 2. The molecule has 0 saturated carbocycles. The molecule has 0 atom stereocenters. The van der Waals surface area contributed by atoms with E-state index >= 15 is 0 Å². The minimum Gasteiger partial charge on any atom is -0.481 e. The standard InChI is InChI=1S/C17H30O4/c1-2-3-4-5-6-7-8-9-10-11-12-13-14-15(16(18)19)17(20)21/h12-13,15H,2-11,14H2,1H3,(H,18,19)(H,20,21)/b13-12+. The van der Waals surface area contributed by atoms with Gasteiger partial charge in [-0.05, 0) is 19.3 Å². The highest BCUT2D eigenvalue weighted by Gasteiger charge is 2.23. The van der Waals surface area contributed by atoms with Crippen molar-refractivity contribution in [1.29, 1.82) is 0 Å². The Bertz CT molecular complexity index is 296. The van der Waals surface area contributed by atoms with Crippen molar-refractivity contribution < 1.29 is 19.8 Å². The lowest BCUT2D eigenvalue weighted by atomic mass is 10.0. The molecule has 122 valence electrons. The van der Waals surface area contributed by atoms with Crippen molar-refractivity contribution in [3.05, 3.63) is 12.2 Å². The Morgan fingerprint density at radius 1 is 0.810 bits per heavy atom. The van der Waals surface area contributed by atoms with Crippen molar-refractivity contribution in [2.75, 3.05) is 0 Å². The summed E-state index contributed by atoms with van der Waals surface area (Å²) in [5.41, 5.74) is 0. The normalized spacial score (nSPS) is 11.3. The fourth-order valence-electron chi connectivity index (χ4n) is 2.23. The number of unbranched alkanes of at least 4 members (excludes halogenated alkanes) is 9. The zero-order valence-electron chi connectivity index (χ0n) is 13.2. The number of allylic oxidation sites excluding steroid dienone is 2. The lowest BCUT2D eigenvalue weighted by molar-refractivity contribution is -0.154. The Kier molecular flexibility index (Phi) is 12.8. The van der Waals surface area contributed by atoms with E-state index in [1.54, 1.807) is 6.08 Å². The molecule has 0 aromatic heterocycles. The maximum atomic E-state index is 10.7. The molecule has 4 heteroatoms. The van der Waals surface area contributed by atoms with Gasteiger partial charge < -0.3 is 10.2 Å². The van der Waals surface area contributed by atoms with Crippen LogP contribution >= 0.6 is 0 Å². The van der Waals surface area contributed by atoms with Gasteiger partial charge in [-0.3, -0.25) is 9.59 Å². The molecule has 0 aliphatic rings. The molecule has 0 unspecified atom stereocenters. The van der Waals surface area contributed by atoms with Gasteiger partial charge in [-0.2, -0.15) is 0 Å². The molecule has 0 aromatic rings. The summed E-state index contributed by atoms with van der Waals surface area (Å²) in [5.74, 6) is -3.85. The van der Waals surface area contributed by atoms with Crippen LogP contribution in [-0.4, -0.2) is 22.2 Å². The van der Waals surface area contributed by atoms with Crippen molar-refractivity contribution >= 4 is 11.9 Å². The number of hydrogen-bond donors (Lipinski definition) is 2. The summed E-state index contributed by atoms with van der Waals surface area (Å²) in [4.78, 5) is 21.3. The van der Waals surface area contributed by atoms with Crippen molar-refractivity contribution in [2.45, 2.75) is 77.6 Å². The van der Waals surface area contributed by atoms with Crippen molar-refractivity contribution in [2.24, 2.45) is 5.92 Å². The number of hydrogen-bond acceptors (Lipinski definition) is 2. The molecule has 4 nitrogen and oxygen atoms in total. The van der Waals surface area contributed by atoms with Gasteiger partial charge in [-0.25, -0.2) is 0 Å². The van der Waals surface area contributed by atoms with Gasteiger partial charge in [0.2, 0.25) is 0 Å². The lowest BCUT2D eigenvalue weighted by Crippen LogP contribution is -2.22. The third-order valence-corrected chi connectivity index (χ3v) is 3.61. The van der Waals surface area contributed by atoms with Crippen LogP contribution in [0.1, 0.15) is 77.6 Å². The minimum absolute atomic E-state index is 0.0715. The Balaban J connectivity index is 3.44. The highest BCUT2D eigenvalue weighted by Crippen LogP contribution is 2.11. The van der Waals surface area contributed by atoms with Gasteiger partial charge in [0, 0.05) is 0 Å². The van der Waals surface area contributed by atoms with E-state index in [4.69, 9.17) is 10.2 Å². The molecule has 0 fully saturated rings. The molecular formula is C17H30O4. The second kappa shape index (κ2) is 13.7. The third kappa shape index (κ3) is 12.2. The van der Waals surface area contributed by atoms with E-state index in [-0.39, 0.29) is 6.42 Å². The van der Waals surface area contributed by atoms with Crippen LogP contribution in [0.2, 0.25) is 0 Å². The Morgan fingerprint density at radius 2 is 1.29 bits per heavy atom. The molecule has 0 radical (unpaired) electrons. The zero-order chi connectivity index (χ0) is 15.9. The van der Waals surface area contributed by atoms with E-state index < -0.39 is 17.9 Å². The van der Waals surface area contributed by atoms with Crippen LogP contribution in [0.3, 0.4) is 0 Å². The average Bonchev–Trinajstić information content (AvgIpc) is 2.43. The molecule has 0 rings (SSSR count). The summed E-state index contributed by atoms with van der Waals surface area (Å²) in [6.45, 7) is 2.22. The highest BCUT2D eigenvalue weighted by molar-refractivity contribution is 5.92. The van der Waals surface area contributed by atoms with Crippen LogP contribution in [0.4, 0.5) is 0 Å². The van der Waals surface area contributed by atoms with E-state index in [0.717, 1.165) is 12.8 Å². The van der Waals surface area contributed by atoms with Gasteiger partial charge >= 0.3 is 11.9 Å². The molecule has 0 spiro atoms. The van der Waals surface area contributed by atoms with Gasteiger partial charge in [0.1, 0.15) is 0 Å². The van der Waals surface area contributed by atoms with Crippen LogP contribution in [-0.2, 0) is 9.59 Å². The SMILES string of the molecule is CCCCCCCCCCC/C=C/CC(C(=O)O)C(=O)O. The summed E-state index contributed by atoms with van der Waals surface area (Å²) in [7, 11) is 0. The van der Waals surface area contributed by atoms with E-state index in [9.17, 15) is 9.59 Å². The first-order valence-electron chi connectivity index (χ1n) is 8.20. The van der Waals surface area contributed by atoms with Crippen molar-refractivity contribution in [3.63, 3.8) is 0 Å². The number of carbonyl (C=O) groups is 2. The number of aliphatic carboxylic acids is 2. The topological polar surface area (TPSA) is 74.6 Å². The molecule has 21 heavy (non-hydrogen) atoms. The zero-order valence-corrected chi connectivity index (χ0v) is 13.2. The molecule has 0 saturated heterocycles. The fourth-order valence-corrected chi connectivity index (χ4v) is 2.23. The largest absolute Gasteiger partial charge is 0.481 e. The first-order chi connectivity index (χ1) is 10.1. The Hall–Kier alpha value is -1.32. The van der Waals surface area contributed by atoms with Gasteiger partial charge in [0.25, 0.3) is 0 Å². The monoisotopic (exact) mass is 298 g/mol. The van der Waals surface area contributed by atoms with Gasteiger partial charge in [-0.15, -0.1) is 0 Å². The van der Waals surface area contributed by atoms with Gasteiger partial charge in [0.15, 0.2) is 5.92 Å². The van der Waals surface area contributed by atoms with Crippen molar-refractivity contribution in [3.8, 4) is 0 Å². The molecular weight excluding hydrogens is 268 g/mol. The summed E-state index contributed by atoms with van der Waals surface area (Å²) in [6.07, 6.45) is 16.1. The van der Waals surface area contributed by atoms with E-state index in [1.165, 1.54) is 51.4 Å². The minimum atomic E-state index is -1.32.